The number of furan rings is 1. The minimum absolute atomic E-state index is 0.803. The van der Waals surface area contributed by atoms with E-state index in [1.807, 2.05) is 25.3 Å². The first kappa shape index (κ1) is 14.9. The van der Waals surface area contributed by atoms with Crippen LogP contribution in [0.25, 0.3) is 11.5 Å². The molecule has 0 unspecified atom stereocenters. The number of aryl methyl sites for hydroxylation is 1. The molecule has 0 saturated heterocycles. The Morgan fingerprint density at radius 1 is 1.30 bits per heavy atom. The molecule has 0 aromatic carbocycles. The maximum absolute atomic E-state index is 5.64. The first-order valence-corrected chi connectivity index (χ1v) is 7.46. The van der Waals surface area contributed by atoms with Gasteiger partial charge in [-0.2, -0.15) is 5.10 Å². The highest BCUT2D eigenvalue weighted by atomic mass is 16.3. The lowest BCUT2D eigenvalue weighted by Crippen LogP contribution is -2.14. The number of aromatic amines is 1. The smallest absolute Gasteiger partial charge is 0.152 e. The highest BCUT2D eigenvalue weighted by molar-refractivity contribution is 5.56. The number of hydrogen-bond acceptors (Lipinski definition) is 3. The van der Waals surface area contributed by atoms with Gasteiger partial charge in [0.1, 0.15) is 11.5 Å². The van der Waals surface area contributed by atoms with Crippen LogP contribution in [0.2, 0.25) is 0 Å². The average Bonchev–Trinajstić information content (AvgIpc) is 3.01. The van der Waals surface area contributed by atoms with Crippen molar-refractivity contribution < 1.29 is 4.42 Å². The lowest BCUT2D eigenvalue weighted by Gasteiger charge is -2.06. The molecule has 0 amide bonds. The van der Waals surface area contributed by atoms with Crippen molar-refractivity contribution in [2.45, 2.75) is 46.6 Å². The Bertz CT molecular complexity index is 513. The summed E-state index contributed by atoms with van der Waals surface area (Å²) in [6.07, 6.45) is 5.70. The molecule has 0 atom stereocenters. The number of hydrogen-bond donors (Lipinski definition) is 2. The highest BCUT2D eigenvalue weighted by Gasteiger charge is 2.10. The second-order valence-electron chi connectivity index (χ2n) is 5.75. The lowest BCUT2D eigenvalue weighted by atomic mass is 10.1. The van der Waals surface area contributed by atoms with E-state index in [0.717, 1.165) is 41.8 Å². The number of nitrogens with one attached hydrogen (secondary N) is 2. The van der Waals surface area contributed by atoms with E-state index >= 15 is 0 Å². The van der Waals surface area contributed by atoms with Crippen LogP contribution in [0.5, 0.6) is 0 Å². The van der Waals surface area contributed by atoms with Gasteiger partial charge in [0.05, 0.1) is 6.20 Å². The number of aromatic nitrogens is 2. The van der Waals surface area contributed by atoms with Gasteiger partial charge in [-0.1, -0.05) is 26.7 Å². The van der Waals surface area contributed by atoms with E-state index in [9.17, 15) is 0 Å². The molecule has 0 spiro atoms. The van der Waals surface area contributed by atoms with E-state index < -0.39 is 0 Å². The van der Waals surface area contributed by atoms with Gasteiger partial charge in [-0.15, -0.1) is 0 Å². The summed E-state index contributed by atoms with van der Waals surface area (Å²) in [7, 11) is 0. The predicted octanol–water partition coefficient (Wildman–Crippen LogP) is 3.89. The maximum atomic E-state index is 5.64. The Kier molecular flexibility index (Phi) is 5.41. The zero-order valence-corrected chi connectivity index (χ0v) is 12.7. The molecule has 0 saturated carbocycles. The van der Waals surface area contributed by atoms with Crippen molar-refractivity contribution in [1.29, 1.82) is 0 Å². The molecule has 0 radical (unpaired) electrons. The third-order valence-corrected chi connectivity index (χ3v) is 3.41. The van der Waals surface area contributed by atoms with E-state index in [1.165, 1.54) is 19.3 Å². The first-order valence-electron chi connectivity index (χ1n) is 7.46. The monoisotopic (exact) mass is 275 g/mol. The van der Waals surface area contributed by atoms with E-state index in [1.54, 1.807) is 0 Å². The summed E-state index contributed by atoms with van der Waals surface area (Å²) in [6, 6.07) is 3.95. The number of H-pyrrole nitrogens is 1. The van der Waals surface area contributed by atoms with Crippen molar-refractivity contribution >= 4 is 0 Å². The van der Waals surface area contributed by atoms with Crippen LogP contribution in [0, 0.1) is 12.8 Å². The van der Waals surface area contributed by atoms with Crippen molar-refractivity contribution in [1.82, 2.24) is 15.5 Å². The maximum Gasteiger partial charge on any atom is 0.152 e. The Morgan fingerprint density at radius 2 is 2.15 bits per heavy atom. The molecular weight excluding hydrogens is 250 g/mol. The van der Waals surface area contributed by atoms with Crippen LogP contribution in [-0.2, 0) is 6.54 Å². The van der Waals surface area contributed by atoms with Gasteiger partial charge < -0.3 is 9.73 Å². The molecule has 2 aromatic heterocycles. The van der Waals surface area contributed by atoms with Crippen LogP contribution in [-0.4, -0.2) is 16.7 Å². The summed E-state index contributed by atoms with van der Waals surface area (Å²) >= 11 is 0. The predicted molar refractivity (Wildman–Crippen MR) is 81.4 cm³/mol. The quantitative estimate of drug-likeness (QED) is 0.718. The van der Waals surface area contributed by atoms with Crippen LogP contribution >= 0.6 is 0 Å². The van der Waals surface area contributed by atoms with Crippen molar-refractivity contribution in [2.24, 2.45) is 5.92 Å². The average molecular weight is 275 g/mol. The fourth-order valence-corrected chi connectivity index (χ4v) is 2.25. The van der Waals surface area contributed by atoms with Gasteiger partial charge >= 0.3 is 0 Å². The highest BCUT2D eigenvalue weighted by Crippen LogP contribution is 2.23. The summed E-state index contributed by atoms with van der Waals surface area (Å²) in [6.45, 7) is 8.38. The molecule has 0 bridgehead atoms. The molecule has 2 N–H and O–H groups in total. The van der Waals surface area contributed by atoms with Crippen molar-refractivity contribution in [2.75, 3.05) is 6.54 Å². The molecule has 0 aliphatic carbocycles. The van der Waals surface area contributed by atoms with Crippen LogP contribution in [0.1, 0.15) is 44.4 Å². The second-order valence-corrected chi connectivity index (χ2v) is 5.75. The fourth-order valence-electron chi connectivity index (χ4n) is 2.25. The number of rotatable bonds is 8. The Labute approximate surface area is 121 Å². The van der Waals surface area contributed by atoms with Gasteiger partial charge in [-0.3, -0.25) is 5.10 Å². The fraction of sp³-hybridized carbons (Fsp3) is 0.562. The normalized spacial score (nSPS) is 11.4. The van der Waals surface area contributed by atoms with E-state index in [4.69, 9.17) is 4.42 Å². The Hall–Kier alpha value is -1.55. The Balaban J connectivity index is 1.78. The van der Waals surface area contributed by atoms with E-state index in [0.29, 0.717) is 0 Å². The summed E-state index contributed by atoms with van der Waals surface area (Å²) in [5.41, 5.74) is 2.14. The van der Waals surface area contributed by atoms with Crippen LogP contribution in [0.15, 0.2) is 22.7 Å². The third-order valence-electron chi connectivity index (χ3n) is 3.41. The molecular formula is C16H25N3O. The molecule has 4 heteroatoms. The first-order chi connectivity index (χ1) is 9.66. The van der Waals surface area contributed by atoms with Gasteiger partial charge in [0.2, 0.25) is 0 Å². The minimum Gasteiger partial charge on any atom is -0.460 e. The molecule has 2 aromatic rings. The van der Waals surface area contributed by atoms with Crippen molar-refractivity contribution in [3.05, 3.63) is 29.7 Å². The standard InChI is InChI=1S/C16H25N3O/c1-12(2)6-4-5-9-17-10-14-11-18-19-16(14)15-8-7-13(3)20-15/h7-8,11-12,17H,4-6,9-10H2,1-3H3,(H,18,19). The largest absolute Gasteiger partial charge is 0.460 e. The molecule has 0 aliphatic rings. The molecule has 110 valence electrons. The second kappa shape index (κ2) is 7.29. The minimum atomic E-state index is 0.803. The summed E-state index contributed by atoms with van der Waals surface area (Å²) in [4.78, 5) is 0. The molecule has 20 heavy (non-hydrogen) atoms. The SMILES string of the molecule is Cc1ccc(-c2[nH]ncc2CNCCCCC(C)C)o1. The van der Waals surface area contributed by atoms with Crippen LogP contribution in [0.4, 0.5) is 0 Å². The molecule has 2 rings (SSSR count). The number of unbranched alkanes of at least 4 members (excludes halogenated alkanes) is 1. The van der Waals surface area contributed by atoms with Gasteiger partial charge in [0.15, 0.2) is 5.76 Å². The van der Waals surface area contributed by atoms with Gasteiger partial charge in [-0.25, -0.2) is 0 Å². The third kappa shape index (κ3) is 4.23. The lowest BCUT2D eigenvalue weighted by molar-refractivity contribution is 0.520. The summed E-state index contributed by atoms with van der Waals surface area (Å²) < 4.78 is 5.64. The molecule has 2 heterocycles. The number of nitrogens with zero attached hydrogens (tertiary/aromatic N) is 1. The van der Waals surface area contributed by atoms with Crippen molar-refractivity contribution in [3.8, 4) is 11.5 Å². The summed E-state index contributed by atoms with van der Waals surface area (Å²) in [5, 5.41) is 10.6. The zero-order valence-electron chi connectivity index (χ0n) is 12.7. The van der Waals surface area contributed by atoms with Crippen LogP contribution in [0.3, 0.4) is 0 Å². The molecule has 0 aliphatic heterocycles. The van der Waals surface area contributed by atoms with E-state index in [2.05, 4.69) is 29.4 Å². The van der Waals surface area contributed by atoms with Gasteiger partial charge in [0, 0.05) is 12.1 Å². The van der Waals surface area contributed by atoms with Gasteiger partial charge in [0.25, 0.3) is 0 Å². The molecule has 0 fully saturated rings. The van der Waals surface area contributed by atoms with Crippen molar-refractivity contribution in [3.63, 3.8) is 0 Å². The van der Waals surface area contributed by atoms with Gasteiger partial charge in [-0.05, 0) is 37.9 Å². The van der Waals surface area contributed by atoms with Crippen LogP contribution < -0.4 is 5.32 Å². The topological polar surface area (TPSA) is 53.9 Å². The van der Waals surface area contributed by atoms with E-state index in [-0.39, 0.29) is 0 Å². The zero-order chi connectivity index (χ0) is 14.4. The molecule has 4 nitrogen and oxygen atoms in total. The summed E-state index contributed by atoms with van der Waals surface area (Å²) in [5.74, 6) is 2.58. The Morgan fingerprint density at radius 3 is 2.85 bits per heavy atom.